The van der Waals surface area contributed by atoms with Gasteiger partial charge < -0.3 is 5.32 Å². The Bertz CT molecular complexity index is 2140. The van der Waals surface area contributed by atoms with Crippen LogP contribution >= 0.6 is 34.7 Å². The highest BCUT2D eigenvalue weighted by atomic mass is 35.5. The molecule has 2 aromatic heterocycles. The molecule has 15 heteroatoms. The predicted molar refractivity (Wildman–Crippen MR) is 194 cm³/mol. The van der Waals surface area contributed by atoms with Gasteiger partial charge in [0.1, 0.15) is 22.9 Å². The van der Waals surface area contributed by atoms with Crippen LogP contribution in [0.5, 0.6) is 0 Å². The molecule has 262 valence electrons. The fraction of sp³-hybridized carbons (Fsp3) is 0.333. The van der Waals surface area contributed by atoms with Crippen LogP contribution in [-0.2, 0) is 14.4 Å². The summed E-state index contributed by atoms with van der Waals surface area (Å²) in [7, 11) is 0. The molecule has 2 aromatic carbocycles. The summed E-state index contributed by atoms with van der Waals surface area (Å²) in [5.74, 6) is -0.268. The minimum Gasteiger partial charge on any atom is -0.356 e. The summed E-state index contributed by atoms with van der Waals surface area (Å²) in [5, 5.41) is 15.7. The number of aliphatic imine (C=N–C) groups is 1. The maximum atomic E-state index is 13.4. The van der Waals surface area contributed by atoms with Crippen molar-refractivity contribution in [2.45, 2.75) is 69.9 Å². The minimum absolute atomic E-state index is 0.0663. The summed E-state index contributed by atoms with van der Waals surface area (Å²) in [4.78, 5) is 71.9. The molecule has 12 nitrogen and oxygen atoms in total. The molecule has 0 aliphatic carbocycles. The van der Waals surface area contributed by atoms with Crippen LogP contribution in [0.15, 0.2) is 52.4 Å². The van der Waals surface area contributed by atoms with Gasteiger partial charge in [0.05, 0.1) is 23.3 Å². The van der Waals surface area contributed by atoms with E-state index in [9.17, 15) is 24.0 Å². The van der Waals surface area contributed by atoms with Crippen molar-refractivity contribution in [1.29, 1.82) is 0 Å². The van der Waals surface area contributed by atoms with Gasteiger partial charge in [0.15, 0.2) is 5.82 Å². The Morgan fingerprint density at radius 3 is 2.57 bits per heavy atom. The average molecular weight is 744 g/mol. The van der Waals surface area contributed by atoms with Gasteiger partial charge in [-0.25, -0.2) is 0 Å². The highest BCUT2D eigenvalue weighted by Crippen LogP contribution is 2.40. The monoisotopic (exact) mass is 743 g/mol. The van der Waals surface area contributed by atoms with Gasteiger partial charge in [-0.05, 0) is 75.6 Å². The summed E-state index contributed by atoms with van der Waals surface area (Å²) in [6.45, 7) is 6.52. The zero-order valence-electron chi connectivity index (χ0n) is 28.1. The average Bonchev–Trinajstić information content (AvgIpc) is 3.68. The zero-order valence-corrected chi connectivity index (χ0v) is 30.5. The number of nitrogens with zero attached hydrogens (tertiary/aromatic N) is 5. The molecule has 1 unspecified atom stereocenters. The van der Waals surface area contributed by atoms with E-state index in [0.29, 0.717) is 34.5 Å². The van der Waals surface area contributed by atoms with Gasteiger partial charge in [-0.1, -0.05) is 29.8 Å². The lowest BCUT2D eigenvalue weighted by atomic mass is 9.99. The first-order valence-electron chi connectivity index (χ1n) is 16.6. The van der Waals surface area contributed by atoms with Crippen LogP contribution < -0.4 is 10.6 Å². The highest BCUT2D eigenvalue weighted by Gasteiger charge is 2.45. The molecule has 0 saturated carbocycles. The SMILES string of the molecule is Cc1sc2c(c1C)C(c1ccc(Cl)cc1)=N[C@@H](CC(=O)NCCCCSc1cccc3c1C(=O)N(C1CCC(=O)NC1=O)C3=O)c1nnc(C)n1-2. The normalized spacial score (nSPS) is 18.2. The molecule has 3 aliphatic rings. The molecular weight excluding hydrogens is 710 g/mol. The van der Waals surface area contributed by atoms with Crippen LogP contribution in [-0.4, -0.2) is 73.3 Å². The van der Waals surface area contributed by atoms with E-state index in [0.717, 1.165) is 44.5 Å². The lowest BCUT2D eigenvalue weighted by Crippen LogP contribution is -2.54. The number of amides is 5. The summed E-state index contributed by atoms with van der Waals surface area (Å²) >= 11 is 9.32. The maximum absolute atomic E-state index is 13.4. The molecule has 5 amide bonds. The Hall–Kier alpha value is -4.66. The second-order valence-corrected chi connectivity index (χ2v) is 15.4. The Balaban J connectivity index is 0.983. The summed E-state index contributed by atoms with van der Waals surface area (Å²) < 4.78 is 2.02. The summed E-state index contributed by atoms with van der Waals surface area (Å²) in [6.07, 6.45) is 1.69. The number of nitrogens with one attached hydrogen (secondary N) is 2. The molecule has 4 aromatic rings. The number of carbonyl (C=O) groups excluding carboxylic acids is 5. The minimum atomic E-state index is -1.01. The van der Waals surface area contributed by atoms with Crippen molar-refractivity contribution in [3.8, 4) is 5.00 Å². The first kappa shape index (κ1) is 34.8. The number of thiophene rings is 1. The van der Waals surface area contributed by atoms with Crippen molar-refractivity contribution in [2.24, 2.45) is 4.99 Å². The molecule has 1 saturated heterocycles. The number of unbranched alkanes of at least 4 members (excludes halogenated alkanes) is 1. The third-order valence-electron chi connectivity index (χ3n) is 9.32. The van der Waals surface area contributed by atoms with Gasteiger partial charge in [0.25, 0.3) is 11.8 Å². The van der Waals surface area contributed by atoms with Crippen LogP contribution in [0.4, 0.5) is 0 Å². The quantitative estimate of drug-likeness (QED) is 0.126. The van der Waals surface area contributed by atoms with Gasteiger partial charge >= 0.3 is 0 Å². The fourth-order valence-electron chi connectivity index (χ4n) is 6.62. The maximum Gasteiger partial charge on any atom is 0.263 e. The fourth-order valence-corrected chi connectivity index (χ4v) is 9.05. The molecule has 0 bridgehead atoms. The smallest absolute Gasteiger partial charge is 0.263 e. The molecule has 5 heterocycles. The number of halogens is 1. The molecule has 0 radical (unpaired) electrons. The van der Waals surface area contributed by atoms with E-state index in [-0.39, 0.29) is 36.3 Å². The van der Waals surface area contributed by atoms with E-state index in [1.54, 1.807) is 29.5 Å². The Morgan fingerprint density at radius 1 is 1.02 bits per heavy atom. The molecular formula is C36H34ClN7O5S2. The number of aromatic nitrogens is 3. The van der Waals surface area contributed by atoms with Gasteiger partial charge in [-0.15, -0.1) is 33.3 Å². The number of rotatable bonds is 10. The van der Waals surface area contributed by atoms with Gasteiger partial charge in [-0.3, -0.25) is 43.7 Å². The van der Waals surface area contributed by atoms with E-state index >= 15 is 0 Å². The largest absolute Gasteiger partial charge is 0.356 e. The lowest BCUT2D eigenvalue weighted by molar-refractivity contribution is -0.136. The number of hydrogen-bond donors (Lipinski definition) is 2. The van der Waals surface area contributed by atoms with E-state index in [4.69, 9.17) is 16.6 Å². The van der Waals surface area contributed by atoms with Crippen LogP contribution in [0.1, 0.15) is 92.1 Å². The van der Waals surface area contributed by atoms with Crippen molar-refractivity contribution in [3.05, 3.63) is 91.8 Å². The second-order valence-electron chi connectivity index (χ2n) is 12.6. The molecule has 3 aliphatic heterocycles. The number of aryl methyl sites for hydroxylation is 2. The van der Waals surface area contributed by atoms with Crippen LogP contribution in [0.2, 0.25) is 5.02 Å². The Morgan fingerprint density at radius 2 is 1.80 bits per heavy atom. The van der Waals surface area contributed by atoms with Gasteiger partial charge in [0, 0.05) is 38.9 Å². The third-order valence-corrected chi connectivity index (χ3v) is 11.9. The summed E-state index contributed by atoms with van der Waals surface area (Å²) in [6, 6.07) is 11.1. The number of carbonyl (C=O) groups is 5. The van der Waals surface area contributed by atoms with E-state index in [2.05, 4.69) is 34.7 Å². The molecule has 2 N–H and O–H groups in total. The van der Waals surface area contributed by atoms with Crippen LogP contribution in [0.3, 0.4) is 0 Å². The zero-order chi connectivity index (χ0) is 36.0. The van der Waals surface area contributed by atoms with E-state index in [1.807, 2.05) is 35.8 Å². The topological polar surface area (TPSA) is 156 Å². The number of fused-ring (bicyclic) bond motifs is 4. The first-order chi connectivity index (χ1) is 24.5. The number of benzene rings is 2. The van der Waals surface area contributed by atoms with E-state index < -0.39 is 35.7 Å². The number of imide groups is 2. The third kappa shape index (κ3) is 6.51. The number of hydrogen-bond acceptors (Lipinski definition) is 10. The van der Waals surface area contributed by atoms with Crippen molar-refractivity contribution in [1.82, 2.24) is 30.3 Å². The van der Waals surface area contributed by atoms with Crippen molar-refractivity contribution in [3.63, 3.8) is 0 Å². The molecule has 2 atom stereocenters. The Labute approximate surface area is 307 Å². The predicted octanol–water partition coefficient (Wildman–Crippen LogP) is 5.28. The van der Waals surface area contributed by atoms with Crippen molar-refractivity contribution >= 4 is 69.9 Å². The standard InChI is InChI=1S/C36H34ClN7O5S2/c1-18-19(2)51-36-29(18)31(21-9-11-22(37)12-10-21)39-24(32-42-41-20(3)43(32)36)17-28(46)38-15-4-5-16-50-26-8-6-7-23-30(26)35(49)44(34(23)48)25-13-14-27(45)40-33(25)47/h6-12,24-25H,4-5,13-17H2,1-3H3,(H,38,46)(H,40,45,47)/t24-,25?/m0/s1. The second kappa shape index (κ2) is 14.2. The molecule has 51 heavy (non-hydrogen) atoms. The van der Waals surface area contributed by atoms with Crippen molar-refractivity contribution in [2.75, 3.05) is 12.3 Å². The Kier molecular flexibility index (Phi) is 9.66. The molecule has 1 fully saturated rings. The van der Waals surface area contributed by atoms with Gasteiger partial charge in [0.2, 0.25) is 17.7 Å². The first-order valence-corrected chi connectivity index (χ1v) is 18.8. The van der Waals surface area contributed by atoms with Crippen LogP contribution in [0, 0.1) is 20.8 Å². The van der Waals surface area contributed by atoms with Crippen molar-refractivity contribution < 1.29 is 24.0 Å². The van der Waals surface area contributed by atoms with Gasteiger partial charge in [-0.2, -0.15) is 0 Å². The number of thioether (sulfide) groups is 1. The van der Waals surface area contributed by atoms with Crippen LogP contribution in [0.25, 0.3) is 5.00 Å². The molecule has 0 spiro atoms. The summed E-state index contributed by atoms with van der Waals surface area (Å²) in [5.41, 5.74) is 4.36. The molecule has 7 rings (SSSR count). The number of piperidine rings is 1. The van der Waals surface area contributed by atoms with E-state index in [1.165, 1.54) is 16.6 Å². The highest BCUT2D eigenvalue weighted by molar-refractivity contribution is 7.99. The lowest BCUT2D eigenvalue weighted by Gasteiger charge is -2.27.